The smallest absolute Gasteiger partial charge is 0.164 e. The van der Waals surface area contributed by atoms with Gasteiger partial charge in [-0.05, 0) is 61.3 Å². The molecular weight excluding hydrogens is 488 g/mol. The van der Waals surface area contributed by atoms with E-state index in [2.05, 4.69) is 83.8 Å². The second-order valence-corrected chi connectivity index (χ2v) is 9.89. The van der Waals surface area contributed by atoms with Crippen LogP contribution in [0, 0.1) is 0 Å². The van der Waals surface area contributed by atoms with Crippen molar-refractivity contribution in [2.45, 2.75) is 0 Å². The molecular formula is C36H22N4. The first-order valence-electron chi connectivity index (χ1n) is 13.3. The van der Waals surface area contributed by atoms with Crippen LogP contribution in [0.3, 0.4) is 0 Å². The zero-order valence-electron chi connectivity index (χ0n) is 21.5. The van der Waals surface area contributed by atoms with Crippen molar-refractivity contribution >= 4 is 43.1 Å². The van der Waals surface area contributed by atoms with Crippen LogP contribution in [-0.2, 0) is 0 Å². The molecule has 186 valence electrons. The lowest BCUT2D eigenvalue weighted by Crippen LogP contribution is -2.01. The Hall–Kier alpha value is -5.48. The molecule has 2 heterocycles. The standard InChI is InChI=1S/C36H22N4/c1-2-10-23(11-3-1)34-38-35(24-18-20-37-21-19-24)40-36(39-34)32-22-31-27-14-5-4-12-25(27)26-13-6-8-16-29(26)33(31)30-17-9-7-15-28(30)32/h1-22H. The molecule has 8 rings (SSSR count). The fourth-order valence-corrected chi connectivity index (χ4v) is 5.79. The van der Waals surface area contributed by atoms with Crippen molar-refractivity contribution in [3.05, 3.63) is 134 Å². The molecule has 0 saturated heterocycles. The number of hydrogen-bond acceptors (Lipinski definition) is 4. The summed E-state index contributed by atoms with van der Waals surface area (Å²) in [6.45, 7) is 0. The lowest BCUT2D eigenvalue weighted by Gasteiger charge is -2.16. The van der Waals surface area contributed by atoms with Crippen molar-refractivity contribution in [1.29, 1.82) is 0 Å². The van der Waals surface area contributed by atoms with Crippen LogP contribution >= 0.6 is 0 Å². The number of hydrogen-bond donors (Lipinski definition) is 0. The summed E-state index contributed by atoms with van der Waals surface area (Å²) in [7, 11) is 0. The van der Waals surface area contributed by atoms with Crippen LogP contribution in [0.25, 0.3) is 77.3 Å². The highest BCUT2D eigenvalue weighted by Crippen LogP contribution is 2.42. The molecule has 8 aromatic rings. The fraction of sp³-hybridized carbons (Fsp3) is 0. The van der Waals surface area contributed by atoms with Crippen LogP contribution in [0.5, 0.6) is 0 Å². The maximum absolute atomic E-state index is 5.06. The summed E-state index contributed by atoms with van der Waals surface area (Å²) in [6, 6.07) is 42.2. The summed E-state index contributed by atoms with van der Waals surface area (Å²) in [5, 5.41) is 9.70. The number of nitrogens with zero attached hydrogens (tertiary/aromatic N) is 4. The summed E-state index contributed by atoms with van der Waals surface area (Å²) in [5.41, 5.74) is 2.83. The lowest BCUT2D eigenvalue weighted by atomic mass is 9.89. The first kappa shape index (κ1) is 22.5. The van der Waals surface area contributed by atoms with Gasteiger partial charge in [0.2, 0.25) is 0 Å². The van der Waals surface area contributed by atoms with E-state index in [0.29, 0.717) is 17.5 Å². The Bertz CT molecular complexity index is 2150. The topological polar surface area (TPSA) is 51.6 Å². The van der Waals surface area contributed by atoms with E-state index in [1.165, 1.54) is 37.7 Å². The second-order valence-electron chi connectivity index (χ2n) is 9.89. The molecule has 4 heteroatoms. The average molecular weight is 511 g/mol. The normalized spacial score (nSPS) is 11.5. The van der Waals surface area contributed by atoms with Gasteiger partial charge in [-0.15, -0.1) is 0 Å². The zero-order valence-corrected chi connectivity index (χ0v) is 21.5. The number of aromatic nitrogens is 4. The molecule has 0 saturated carbocycles. The maximum Gasteiger partial charge on any atom is 0.164 e. The van der Waals surface area contributed by atoms with E-state index in [4.69, 9.17) is 15.0 Å². The zero-order chi connectivity index (χ0) is 26.5. The molecule has 0 bridgehead atoms. The predicted molar refractivity (Wildman–Crippen MR) is 164 cm³/mol. The van der Waals surface area contributed by atoms with Crippen molar-refractivity contribution in [3.8, 4) is 34.2 Å². The number of pyridine rings is 1. The summed E-state index contributed by atoms with van der Waals surface area (Å²) >= 11 is 0. The molecule has 0 unspecified atom stereocenters. The minimum Gasteiger partial charge on any atom is -0.265 e. The molecule has 0 radical (unpaired) electrons. The molecule has 0 amide bonds. The van der Waals surface area contributed by atoms with Gasteiger partial charge in [0.25, 0.3) is 0 Å². The highest BCUT2D eigenvalue weighted by atomic mass is 15.0. The van der Waals surface area contributed by atoms with Crippen LogP contribution in [-0.4, -0.2) is 19.9 Å². The lowest BCUT2D eigenvalue weighted by molar-refractivity contribution is 1.07. The Kier molecular flexibility index (Phi) is 5.10. The molecule has 0 N–H and O–H groups in total. The Balaban J connectivity index is 1.52. The van der Waals surface area contributed by atoms with Crippen molar-refractivity contribution < 1.29 is 0 Å². The Morgan fingerprint density at radius 1 is 0.350 bits per heavy atom. The molecule has 0 aliphatic rings. The van der Waals surface area contributed by atoms with E-state index in [1.807, 2.05) is 42.5 Å². The number of rotatable bonds is 3. The largest absolute Gasteiger partial charge is 0.265 e. The van der Waals surface area contributed by atoms with Gasteiger partial charge in [-0.2, -0.15) is 0 Å². The van der Waals surface area contributed by atoms with E-state index < -0.39 is 0 Å². The highest BCUT2D eigenvalue weighted by Gasteiger charge is 2.18. The minimum absolute atomic E-state index is 0.624. The molecule has 2 aromatic heterocycles. The van der Waals surface area contributed by atoms with Gasteiger partial charge in [-0.25, -0.2) is 15.0 Å². The molecule has 0 fully saturated rings. The van der Waals surface area contributed by atoms with Gasteiger partial charge < -0.3 is 0 Å². The first-order chi connectivity index (χ1) is 19.8. The Morgan fingerprint density at radius 2 is 0.800 bits per heavy atom. The summed E-state index contributed by atoms with van der Waals surface area (Å²) in [4.78, 5) is 19.2. The Labute approximate surface area is 230 Å². The van der Waals surface area contributed by atoms with Crippen LogP contribution in [0.1, 0.15) is 0 Å². The van der Waals surface area contributed by atoms with Crippen molar-refractivity contribution in [2.75, 3.05) is 0 Å². The van der Waals surface area contributed by atoms with E-state index in [1.54, 1.807) is 12.4 Å². The van der Waals surface area contributed by atoms with Gasteiger partial charge in [0.1, 0.15) is 0 Å². The SMILES string of the molecule is c1ccc(-c2nc(-c3ccncc3)nc(-c3cc4c5ccccc5c5ccccc5c4c4ccccc34)n2)cc1. The molecule has 40 heavy (non-hydrogen) atoms. The Morgan fingerprint density at radius 3 is 1.45 bits per heavy atom. The van der Waals surface area contributed by atoms with E-state index in [-0.39, 0.29) is 0 Å². The maximum atomic E-state index is 5.06. The van der Waals surface area contributed by atoms with Gasteiger partial charge in [0.05, 0.1) is 0 Å². The molecule has 4 nitrogen and oxygen atoms in total. The third kappa shape index (κ3) is 3.54. The second kappa shape index (κ2) is 9.07. The summed E-state index contributed by atoms with van der Waals surface area (Å²) in [5.74, 6) is 1.92. The van der Waals surface area contributed by atoms with Gasteiger partial charge >= 0.3 is 0 Å². The predicted octanol–water partition coefficient (Wildman–Crippen LogP) is 8.88. The van der Waals surface area contributed by atoms with Gasteiger partial charge in [-0.3, -0.25) is 4.98 Å². The van der Waals surface area contributed by atoms with Crippen molar-refractivity contribution in [3.63, 3.8) is 0 Å². The minimum atomic E-state index is 0.624. The van der Waals surface area contributed by atoms with Crippen LogP contribution < -0.4 is 0 Å². The van der Waals surface area contributed by atoms with Crippen LogP contribution in [0.15, 0.2) is 134 Å². The number of fused-ring (bicyclic) bond motifs is 8. The van der Waals surface area contributed by atoms with Gasteiger partial charge in [-0.1, -0.05) is 103 Å². The summed E-state index contributed by atoms with van der Waals surface area (Å²) in [6.07, 6.45) is 3.54. The van der Waals surface area contributed by atoms with Gasteiger partial charge in [0.15, 0.2) is 17.5 Å². The molecule has 0 spiro atoms. The molecule has 0 atom stereocenters. The van der Waals surface area contributed by atoms with Crippen LogP contribution in [0.2, 0.25) is 0 Å². The molecule has 6 aromatic carbocycles. The highest BCUT2D eigenvalue weighted by molar-refractivity contribution is 6.32. The third-order valence-electron chi connectivity index (χ3n) is 7.60. The quantitative estimate of drug-likeness (QED) is 0.223. The van der Waals surface area contributed by atoms with E-state index in [9.17, 15) is 0 Å². The third-order valence-corrected chi connectivity index (χ3v) is 7.60. The monoisotopic (exact) mass is 510 g/mol. The van der Waals surface area contributed by atoms with E-state index in [0.717, 1.165) is 22.1 Å². The van der Waals surface area contributed by atoms with Crippen LogP contribution in [0.4, 0.5) is 0 Å². The van der Waals surface area contributed by atoms with Gasteiger partial charge in [0, 0.05) is 29.1 Å². The van der Waals surface area contributed by atoms with Crippen molar-refractivity contribution in [1.82, 2.24) is 19.9 Å². The summed E-state index contributed by atoms with van der Waals surface area (Å²) < 4.78 is 0. The van der Waals surface area contributed by atoms with E-state index >= 15 is 0 Å². The average Bonchev–Trinajstić information content (AvgIpc) is 3.05. The van der Waals surface area contributed by atoms with Crippen molar-refractivity contribution in [2.24, 2.45) is 0 Å². The number of benzene rings is 6. The fourth-order valence-electron chi connectivity index (χ4n) is 5.79. The molecule has 0 aliphatic carbocycles. The first-order valence-corrected chi connectivity index (χ1v) is 13.3. The molecule has 0 aliphatic heterocycles.